The predicted octanol–water partition coefficient (Wildman–Crippen LogP) is 5.19. The van der Waals surface area contributed by atoms with Crippen molar-refractivity contribution in [2.45, 2.75) is 53.5 Å². The van der Waals surface area contributed by atoms with Crippen LogP contribution in [0.3, 0.4) is 0 Å². The van der Waals surface area contributed by atoms with E-state index in [0.29, 0.717) is 24.7 Å². The highest BCUT2D eigenvalue weighted by molar-refractivity contribution is 6.12. The van der Waals surface area contributed by atoms with Crippen molar-refractivity contribution in [1.82, 2.24) is 14.3 Å². The molecule has 0 aliphatic carbocycles. The van der Waals surface area contributed by atoms with E-state index in [1.807, 2.05) is 56.0 Å². The van der Waals surface area contributed by atoms with Crippen molar-refractivity contribution in [3.05, 3.63) is 105 Å². The van der Waals surface area contributed by atoms with E-state index in [0.717, 1.165) is 21.9 Å². The normalized spacial score (nSPS) is 13.3. The number of hydrogen-bond acceptors (Lipinski definition) is 5. The summed E-state index contributed by atoms with van der Waals surface area (Å²) in [6, 6.07) is 16.6. The molecule has 0 N–H and O–H groups in total. The summed E-state index contributed by atoms with van der Waals surface area (Å²) in [6.07, 6.45) is 0. The number of carbonyl (C=O) groups excluding carboxylic acids is 1. The molecular weight excluding hydrogens is 516 g/mol. The zero-order valence-corrected chi connectivity index (χ0v) is 22.9. The molecule has 4 aromatic rings. The van der Waals surface area contributed by atoms with Crippen LogP contribution in [-0.4, -0.2) is 33.0 Å². The van der Waals surface area contributed by atoms with Gasteiger partial charge < -0.3 is 9.64 Å². The lowest BCUT2D eigenvalue weighted by Crippen LogP contribution is -2.50. The lowest BCUT2D eigenvalue weighted by molar-refractivity contribution is 0.0980. The Labute approximate surface area is 231 Å². The van der Waals surface area contributed by atoms with Crippen molar-refractivity contribution < 1.29 is 18.3 Å². The minimum atomic E-state index is -0.790. The van der Waals surface area contributed by atoms with Crippen LogP contribution in [0, 0.1) is 18.6 Å². The molecule has 1 aliphatic rings. The van der Waals surface area contributed by atoms with E-state index in [2.05, 4.69) is 5.10 Å². The number of fused-ring (bicyclic) bond motifs is 1. The Morgan fingerprint density at radius 1 is 0.925 bits per heavy atom. The number of halogens is 2. The number of anilines is 2. The van der Waals surface area contributed by atoms with Crippen LogP contribution in [0.4, 0.5) is 20.2 Å². The molecule has 208 valence electrons. The van der Waals surface area contributed by atoms with Crippen molar-refractivity contribution in [3.63, 3.8) is 0 Å². The summed E-state index contributed by atoms with van der Waals surface area (Å²) >= 11 is 0. The van der Waals surface area contributed by atoms with E-state index in [1.165, 1.54) is 21.6 Å². The molecule has 10 heteroatoms. The third-order valence-electron chi connectivity index (χ3n) is 6.99. The van der Waals surface area contributed by atoms with Gasteiger partial charge in [0.25, 0.3) is 5.91 Å². The molecule has 0 saturated heterocycles. The Balaban J connectivity index is 1.52. The summed E-state index contributed by atoms with van der Waals surface area (Å²) in [5.41, 5.74) is 1.84. The van der Waals surface area contributed by atoms with Crippen LogP contribution < -0.4 is 15.5 Å². The van der Waals surface area contributed by atoms with Crippen LogP contribution in [0.1, 0.15) is 48.1 Å². The van der Waals surface area contributed by atoms with Gasteiger partial charge in [-0.15, -0.1) is 5.10 Å². The molecule has 0 bridgehead atoms. The number of nitrogens with zero attached hydrogens (tertiary/aromatic N) is 5. The number of rotatable bonds is 8. The fourth-order valence-corrected chi connectivity index (χ4v) is 4.87. The Morgan fingerprint density at radius 3 is 2.38 bits per heavy atom. The van der Waals surface area contributed by atoms with Gasteiger partial charge in [-0.2, -0.15) is 4.68 Å². The highest BCUT2D eigenvalue weighted by Crippen LogP contribution is 2.35. The molecule has 2 heterocycles. The van der Waals surface area contributed by atoms with Gasteiger partial charge >= 0.3 is 5.69 Å². The monoisotopic (exact) mass is 547 g/mol. The first kappa shape index (κ1) is 27.3. The minimum Gasteiger partial charge on any atom is -0.369 e. The van der Waals surface area contributed by atoms with Crippen molar-refractivity contribution in [3.8, 4) is 5.69 Å². The van der Waals surface area contributed by atoms with Gasteiger partial charge in [0.2, 0.25) is 0 Å². The molecule has 8 nitrogen and oxygen atoms in total. The van der Waals surface area contributed by atoms with Crippen LogP contribution in [0.5, 0.6) is 0 Å². The second-order valence-electron chi connectivity index (χ2n) is 10.0. The molecule has 0 fully saturated rings. The molecule has 0 spiro atoms. The number of ether oxygens (including phenoxy) is 1. The molecule has 5 rings (SSSR count). The maximum atomic E-state index is 15.6. The van der Waals surface area contributed by atoms with Crippen molar-refractivity contribution in [2.75, 3.05) is 16.5 Å². The van der Waals surface area contributed by atoms with Gasteiger partial charge in [-0.3, -0.25) is 14.3 Å². The smallest absolute Gasteiger partial charge is 0.350 e. The quantitative estimate of drug-likeness (QED) is 0.304. The first-order chi connectivity index (χ1) is 19.2. The van der Waals surface area contributed by atoms with E-state index in [9.17, 15) is 14.0 Å². The summed E-state index contributed by atoms with van der Waals surface area (Å²) < 4.78 is 38.6. The van der Waals surface area contributed by atoms with E-state index in [1.54, 1.807) is 19.1 Å². The molecule has 0 saturated carbocycles. The standard InChI is InChI=1S/C30H31F2N5O3/c1-5-34-28(17-40-16-21-9-7-6-8-10-21)33-37(30(34)39)27-15-25-22(14-24(27)32)29(38)36(18-35(25)19(2)3)26-13-20(4)11-12-23(26)31/h6-15,19H,5,16-18H2,1-4H3. The number of aromatic nitrogens is 3. The topological polar surface area (TPSA) is 72.6 Å². The Morgan fingerprint density at radius 2 is 1.68 bits per heavy atom. The molecule has 0 radical (unpaired) electrons. The molecule has 1 aromatic heterocycles. The first-order valence-corrected chi connectivity index (χ1v) is 13.2. The van der Waals surface area contributed by atoms with Crippen molar-refractivity contribution in [1.29, 1.82) is 0 Å². The second-order valence-corrected chi connectivity index (χ2v) is 10.0. The van der Waals surface area contributed by atoms with Gasteiger partial charge in [0.15, 0.2) is 5.82 Å². The molecular formula is C30H31F2N5O3. The van der Waals surface area contributed by atoms with Crippen molar-refractivity contribution in [2.24, 2.45) is 0 Å². The number of benzene rings is 3. The maximum absolute atomic E-state index is 15.6. The predicted molar refractivity (Wildman–Crippen MR) is 149 cm³/mol. The number of hydrogen-bond donors (Lipinski definition) is 0. The fourth-order valence-electron chi connectivity index (χ4n) is 4.87. The van der Waals surface area contributed by atoms with Crippen molar-refractivity contribution >= 4 is 17.3 Å². The first-order valence-electron chi connectivity index (χ1n) is 13.2. The number of carbonyl (C=O) groups is 1. The Kier molecular flexibility index (Phi) is 7.53. The lowest BCUT2D eigenvalue weighted by Gasteiger charge is -2.40. The Hall–Kier alpha value is -4.31. The molecule has 0 atom stereocenters. The van der Waals surface area contributed by atoms with Crippen LogP contribution in [0.2, 0.25) is 0 Å². The van der Waals surface area contributed by atoms with Crippen LogP contribution in [0.25, 0.3) is 5.69 Å². The highest BCUT2D eigenvalue weighted by Gasteiger charge is 2.34. The number of amides is 1. The van der Waals surface area contributed by atoms with E-state index < -0.39 is 23.2 Å². The highest BCUT2D eigenvalue weighted by atomic mass is 19.1. The van der Waals surface area contributed by atoms with Crippen LogP contribution >= 0.6 is 0 Å². The number of aryl methyl sites for hydroxylation is 1. The van der Waals surface area contributed by atoms with E-state index in [4.69, 9.17) is 4.74 Å². The van der Waals surface area contributed by atoms with Gasteiger partial charge in [-0.05, 0) is 63.1 Å². The van der Waals surface area contributed by atoms with Crippen LogP contribution in [-0.2, 0) is 24.5 Å². The molecule has 0 unspecified atom stereocenters. The molecule has 40 heavy (non-hydrogen) atoms. The van der Waals surface area contributed by atoms with Gasteiger partial charge in [0.1, 0.15) is 23.9 Å². The summed E-state index contributed by atoms with van der Waals surface area (Å²) in [5.74, 6) is -1.49. The summed E-state index contributed by atoms with van der Waals surface area (Å²) in [7, 11) is 0. The molecule has 1 amide bonds. The summed E-state index contributed by atoms with van der Waals surface area (Å²) in [5, 5.41) is 4.40. The third kappa shape index (κ3) is 5.02. The van der Waals surface area contributed by atoms with Gasteiger partial charge in [-0.1, -0.05) is 36.4 Å². The third-order valence-corrected chi connectivity index (χ3v) is 6.99. The average Bonchev–Trinajstić information content (AvgIpc) is 3.25. The average molecular weight is 548 g/mol. The van der Waals surface area contributed by atoms with Gasteiger partial charge in [-0.25, -0.2) is 13.6 Å². The lowest BCUT2D eigenvalue weighted by atomic mass is 10.0. The molecule has 1 aliphatic heterocycles. The fraction of sp³-hybridized carbons (Fsp3) is 0.300. The summed E-state index contributed by atoms with van der Waals surface area (Å²) in [4.78, 5) is 30.0. The van der Waals surface area contributed by atoms with Gasteiger partial charge in [0, 0.05) is 12.6 Å². The molecule has 3 aromatic carbocycles. The largest absolute Gasteiger partial charge is 0.369 e. The van der Waals surface area contributed by atoms with Crippen LogP contribution in [0.15, 0.2) is 65.5 Å². The second kappa shape index (κ2) is 11.1. The Bertz CT molecular complexity index is 1610. The van der Waals surface area contributed by atoms with E-state index in [-0.39, 0.29) is 36.3 Å². The summed E-state index contributed by atoms with van der Waals surface area (Å²) in [6.45, 7) is 8.24. The van der Waals surface area contributed by atoms with E-state index >= 15 is 4.39 Å². The minimum absolute atomic E-state index is 0.0607. The zero-order valence-electron chi connectivity index (χ0n) is 22.9. The van der Waals surface area contributed by atoms with Gasteiger partial charge in [0.05, 0.1) is 30.2 Å². The SMILES string of the molecule is CCn1c(COCc2ccccc2)nn(-c2cc3c(cc2F)C(=O)N(c2cc(C)ccc2F)CN3C(C)C)c1=O. The maximum Gasteiger partial charge on any atom is 0.350 e. The zero-order chi connectivity index (χ0) is 28.6.